The van der Waals surface area contributed by atoms with Crippen LogP contribution in [0, 0.1) is 27.7 Å². The molecule has 4 rings (SSSR count). The first-order valence-electron chi connectivity index (χ1n) is 11.5. The van der Waals surface area contributed by atoms with Crippen molar-refractivity contribution in [3.63, 3.8) is 0 Å². The molecule has 4 nitrogen and oxygen atoms in total. The third-order valence-electron chi connectivity index (χ3n) is 5.87. The highest BCUT2D eigenvalue weighted by molar-refractivity contribution is 9.10. The predicted octanol–water partition coefficient (Wildman–Crippen LogP) is 8.18. The summed E-state index contributed by atoms with van der Waals surface area (Å²) in [6.07, 6.45) is 1.70. The number of rotatable bonds is 7. The maximum atomic E-state index is 12.6. The van der Waals surface area contributed by atoms with Gasteiger partial charge in [0.2, 0.25) is 0 Å². The SMILES string of the molecule is Cc1cc(C)cc(-n2c(C)c(Br)c(/C=N\NC(=O)c3ccc(CSc4ccc(Cl)cc4)cc3)c2C)c1. The number of amides is 1. The number of aryl methyl sites for hydroxylation is 2. The van der Waals surface area contributed by atoms with Crippen LogP contribution in [0.1, 0.15) is 44.0 Å². The van der Waals surface area contributed by atoms with Gasteiger partial charge in [-0.3, -0.25) is 4.79 Å². The lowest BCUT2D eigenvalue weighted by atomic mass is 10.1. The summed E-state index contributed by atoms with van der Waals surface area (Å²) in [4.78, 5) is 13.8. The molecule has 7 heteroatoms. The Morgan fingerprint density at radius 2 is 1.61 bits per heavy atom. The monoisotopic (exact) mass is 579 g/mol. The average Bonchev–Trinajstić information content (AvgIpc) is 3.06. The maximum Gasteiger partial charge on any atom is 0.271 e. The Morgan fingerprint density at radius 1 is 0.972 bits per heavy atom. The van der Waals surface area contributed by atoms with Crippen LogP contribution in [0.15, 0.2) is 81.2 Å². The maximum absolute atomic E-state index is 12.6. The van der Waals surface area contributed by atoms with Crippen molar-refractivity contribution in [3.05, 3.63) is 115 Å². The van der Waals surface area contributed by atoms with E-state index in [9.17, 15) is 4.79 Å². The molecule has 0 saturated heterocycles. The van der Waals surface area contributed by atoms with Gasteiger partial charge < -0.3 is 4.57 Å². The predicted molar refractivity (Wildman–Crippen MR) is 155 cm³/mol. The third kappa shape index (κ3) is 6.12. The normalized spacial score (nSPS) is 11.3. The smallest absolute Gasteiger partial charge is 0.271 e. The molecule has 1 amide bonds. The summed E-state index contributed by atoms with van der Waals surface area (Å²) in [5.41, 5.74) is 11.0. The molecular formula is C29H27BrClN3OS. The van der Waals surface area contributed by atoms with Gasteiger partial charge in [0.25, 0.3) is 5.91 Å². The molecule has 0 atom stereocenters. The van der Waals surface area contributed by atoms with Gasteiger partial charge in [-0.1, -0.05) is 29.8 Å². The largest absolute Gasteiger partial charge is 0.317 e. The highest BCUT2D eigenvalue weighted by Gasteiger charge is 2.16. The van der Waals surface area contributed by atoms with Crippen molar-refractivity contribution >= 4 is 51.4 Å². The van der Waals surface area contributed by atoms with E-state index in [0.717, 1.165) is 48.3 Å². The molecule has 0 aliphatic carbocycles. The van der Waals surface area contributed by atoms with Crippen LogP contribution < -0.4 is 5.43 Å². The number of carbonyl (C=O) groups excluding carboxylic acids is 1. The molecule has 0 bridgehead atoms. The molecule has 3 aromatic carbocycles. The third-order valence-corrected chi connectivity index (χ3v) is 8.21. The summed E-state index contributed by atoms with van der Waals surface area (Å²) in [6.45, 7) is 8.32. The van der Waals surface area contributed by atoms with Crippen LogP contribution in [0.25, 0.3) is 5.69 Å². The van der Waals surface area contributed by atoms with Crippen molar-refractivity contribution in [3.8, 4) is 5.69 Å². The van der Waals surface area contributed by atoms with E-state index >= 15 is 0 Å². The molecule has 0 aliphatic rings. The van der Waals surface area contributed by atoms with Gasteiger partial charge in [-0.25, -0.2) is 5.43 Å². The minimum absolute atomic E-state index is 0.248. The van der Waals surface area contributed by atoms with Crippen molar-refractivity contribution in [2.75, 3.05) is 0 Å². The Bertz CT molecular complexity index is 1410. The van der Waals surface area contributed by atoms with Crippen LogP contribution in [0.4, 0.5) is 0 Å². The van der Waals surface area contributed by atoms with Gasteiger partial charge in [0.1, 0.15) is 0 Å². The zero-order chi connectivity index (χ0) is 25.8. The van der Waals surface area contributed by atoms with Gasteiger partial charge in [-0.15, -0.1) is 11.8 Å². The Balaban J connectivity index is 1.42. The van der Waals surface area contributed by atoms with Crippen molar-refractivity contribution in [1.82, 2.24) is 9.99 Å². The van der Waals surface area contributed by atoms with E-state index in [-0.39, 0.29) is 5.91 Å². The van der Waals surface area contributed by atoms with Gasteiger partial charge in [0.05, 0.1) is 6.21 Å². The minimum atomic E-state index is -0.248. The lowest BCUT2D eigenvalue weighted by molar-refractivity contribution is 0.0955. The second kappa shape index (κ2) is 11.5. The molecule has 1 aromatic heterocycles. The number of hydrazone groups is 1. The van der Waals surface area contributed by atoms with Crippen molar-refractivity contribution in [2.24, 2.45) is 5.10 Å². The molecular weight excluding hydrogens is 554 g/mol. The van der Waals surface area contributed by atoms with Crippen molar-refractivity contribution in [1.29, 1.82) is 0 Å². The van der Waals surface area contributed by atoms with Crippen LogP contribution in [-0.2, 0) is 5.75 Å². The fourth-order valence-electron chi connectivity index (χ4n) is 4.11. The molecule has 0 radical (unpaired) electrons. The van der Waals surface area contributed by atoms with Gasteiger partial charge in [-0.2, -0.15) is 5.10 Å². The molecule has 36 heavy (non-hydrogen) atoms. The number of benzene rings is 3. The summed E-state index contributed by atoms with van der Waals surface area (Å²) in [6, 6.07) is 21.9. The highest BCUT2D eigenvalue weighted by Crippen LogP contribution is 2.30. The summed E-state index contributed by atoms with van der Waals surface area (Å²) >= 11 is 11.4. The second-order valence-electron chi connectivity index (χ2n) is 8.72. The van der Waals surface area contributed by atoms with E-state index in [4.69, 9.17) is 11.6 Å². The second-order valence-corrected chi connectivity index (χ2v) is 11.0. The van der Waals surface area contributed by atoms with E-state index < -0.39 is 0 Å². The van der Waals surface area contributed by atoms with Crippen LogP contribution in [0.2, 0.25) is 5.02 Å². The van der Waals surface area contributed by atoms with E-state index in [1.807, 2.05) is 48.5 Å². The fourth-order valence-corrected chi connectivity index (χ4v) is 5.66. The summed E-state index contributed by atoms with van der Waals surface area (Å²) in [5, 5.41) is 4.98. The van der Waals surface area contributed by atoms with E-state index in [0.29, 0.717) is 5.56 Å². The fraction of sp³-hybridized carbons (Fsp3) is 0.172. The highest BCUT2D eigenvalue weighted by atomic mass is 79.9. The molecule has 0 fully saturated rings. The topological polar surface area (TPSA) is 46.4 Å². The average molecular weight is 581 g/mol. The Labute approximate surface area is 229 Å². The molecule has 184 valence electrons. The first-order chi connectivity index (χ1) is 17.2. The lowest BCUT2D eigenvalue weighted by Crippen LogP contribution is -2.17. The molecule has 4 aromatic rings. The van der Waals surface area contributed by atoms with E-state index in [2.05, 4.69) is 76.9 Å². The van der Waals surface area contributed by atoms with Crippen molar-refractivity contribution in [2.45, 2.75) is 38.3 Å². The summed E-state index contributed by atoms with van der Waals surface area (Å²) in [5.74, 6) is 0.564. The molecule has 1 heterocycles. The Kier molecular flexibility index (Phi) is 8.39. The first kappa shape index (κ1) is 26.3. The Morgan fingerprint density at radius 3 is 2.25 bits per heavy atom. The van der Waals surface area contributed by atoms with Gasteiger partial charge in [0.15, 0.2) is 0 Å². The molecule has 0 aliphatic heterocycles. The molecule has 0 unspecified atom stereocenters. The number of halogens is 2. The number of hydrogen-bond donors (Lipinski definition) is 1. The van der Waals surface area contributed by atoms with Crippen LogP contribution in [0.5, 0.6) is 0 Å². The summed E-state index contributed by atoms with van der Waals surface area (Å²) < 4.78 is 3.16. The van der Waals surface area contributed by atoms with Crippen LogP contribution >= 0.6 is 39.3 Å². The van der Waals surface area contributed by atoms with Crippen molar-refractivity contribution < 1.29 is 4.79 Å². The molecule has 0 spiro atoms. The zero-order valence-corrected chi connectivity index (χ0v) is 23.8. The number of thioether (sulfide) groups is 1. The zero-order valence-electron chi connectivity index (χ0n) is 20.6. The number of aromatic nitrogens is 1. The van der Waals surface area contributed by atoms with Gasteiger partial charge in [0, 0.05) is 48.3 Å². The Hall–Kier alpha value is -2.80. The van der Waals surface area contributed by atoms with Gasteiger partial charge >= 0.3 is 0 Å². The first-order valence-corrected chi connectivity index (χ1v) is 13.7. The number of hydrogen-bond acceptors (Lipinski definition) is 3. The summed E-state index contributed by atoms with van der Waals surface area (Å²) in [7, 11) is 0. The lowest BCUT2D eigenvalue weighted by Gasteiger charge is -2.11. The number of nitrogens with zero attached hydrogens (tertiary/aromatic N) is 2. The quantitative estimate of drug-likeness (QED) is 0.136. The molecule has 0 saturated carbocycles. The van der Waals surface area contributed by atoms with E-state index in [1.54, 1.807) is 18.0 Å². The number of nitrogens with one attached hydrogen (secondary N) is 1. The minimum Gasteiger partial charge on any atom is -0.317 e. The van der Waals surface area contributed by atoms with Gasteiger partial charge in [-0.05, 0) is 109 Å². The molecule has 1 N–H and O–H groups in total. The van der Waals surface area contributed by atoms with Crippen LogP contribution in [0.3, 0.4) is 0 Å². The van der Waals surface area contributed by atoms with E-state index in [1.165, 1.54) is 11.1 Å². The van der Waals surface area contributed by atoms with Crippen LogP contribution in [-0.4, -0.2) is 16.7 Å². The standard InChI is InChI=1S/C29H27BrClN3OS/c1-18-13-19(2)15-25(14-18)34-20(3)27(28(30)21(34)4)16-32-33-29(35)23-7-5-22(6-8-23)17-36-26-11-9-24(31)10-12-26/h5-16H,17H2,1-4H3,(H,33,35)/b32-16-. The number of carbonyl (C=O) groups is 1.